The van der Waals surface area contributed by atoms with E-state index in [1.807, 2.05) is 19.2 Å². The van der Waals surface area contributed by atoms with Crippen molar-refractivity contribution in [3.63, 3.8) is 0 Å². The summed E-state index contributed by atoms with van der Waals surface area (Å²) in [5.41, 5.74) is 1.88. The highest BCUT2D eigenvalue weighted by molar-refractivity contribution is 5.91. The van der Waals surface area contributed by atoms with E-state index >= 15 is 0 Å². The van der Waals surface area contributed by atoms with Gasteiger partial charge < -0.3 is 10.4 Å². The van der Waals surface area contributed by atoms with Gasteiger partial charge in [0.2, 0.25) is 5.91 Å². The number of hydrogen-bond acceptors (Lipinski definition) is 3. The molecule has 118 valence electrons. The number of carbonyl (C=O) groups is 1. The second kappa shape index (κ2) is 6.22. The van der Waals surface area contributed by atoms with Crippen LogP contribution in [0, 0.1) is 5.41 Å². The van der Waals surface area contributed by atoms with Gasteiger partial charge in [0.15, 0.2) is 0 Å². The molecule has 0 saturated carbocycles. The number of phenols is 1. The Balaban J connectivity index is 2.02. The standard InChI is InChI=1S/C17H23N3O2/c1-17(2,3)11-13-10-15(20(4)19-13)18-16(22)9-12-6-5-7-14(21)8-12/h5-8,10,21H,9,11H2,1-4H3,(H,18,22). The molecular formula is C17H23N3O2. The molecule has 0 atom stereocenters. The number of aromatic nitrogens is 2. The lowest BCUT2D eigenvalue weighted by atomic mass is 9.91. The summed E-state index contributed by atoms with van der Waals surface area (Å²) in [6.45, 7) is 6.46. The predicted molar refractivity (Wildman–Crippen MR) is 86.8 cm³/mol. The molecule has 2 rings (SSSR count). The van der Waals surface area contributed by atoms with Gasteiger partial charge in [-0.3, -0.25) is 9.48 Å². The highest BCUT2D eigenvalue weighted by Crippen LogP contribution is 2.21. The number of benzene rings is 1. The van der Waals surface area contributed by atoms with Crippen molar-refractivity contribution < 1.29 is 9.90 Å². The van der Waals surface area contributed by atoms with Crippen molar-refractivity contribution in [3.05, 3.63) is 41.6 Å². The number of rotatable bonds is 4. The maximum Gasteiger partial charge on any atom is 0.229 e. The molecular weight excluding hydrogens is 278 g/mol. The first kappa shape index (κ1) is 16.1. The van der Waals surface area contributed by atoms with Gasteiger partial charge in [-0.25, -0.2) is 0 Å². The minimum Gasteiger partial charge on any atom is -0.508 e. The highest BCUT2D eigenvalue weighted by atomic mass is 16.3. The second-order valence-corrected chi connectivity index (χ2v) is 6.78. The van der Waals surface area contributed by atoms with E-state index in [0.717, 1.165) is 17.7 Å². The van der Waals surface area contributed by atoms with Crippen LogP contribution in [0.25, 0.3) is 0 Å². The summed E-state index contributed by atoms with van der Waals surface area (Å²) in [6, 6.07) is 8.62. The fraction of sp³-hybridized carbons (Fsp3) is 0.412. The molecule has 0 aliphatic heterocycles. The molecule has 1 amide bonds. The Labute approximate surface area is 131 Å². The average Bonchev–Trinajstić information content (AvgIpc) is 2.66. The highest BCUT2D eigenvalue weighted by Gasteiger charge is 2.16. The summed E-state index contributed by atoms with van der Waals surface area (Å²) < 4.78 is 1.68. The number of aryl methyl sites for hydroxylation is 1. The molecule has 0 aliphatic carbocycles. The topological polar surface area (TPSA) is 67.2 Å². The maximum atomic E-state index is 12.1. The third-order valence-electron chi connectivity index (χ3n) is 3.18. The van der Waals surface area contributed by atoms with Gasteiger partial charge in [-0.1, -0.05) is 32.9 Å². The zero-order valence-electron chi connectivity index (χ0n) is 13.6. The first-order valence-electron chi connectivity index (χ1n) is 7.34. The van der Waals surface area contributed by atoms with Gasteiger partial charge in [0.25, 0.3) is 0 Å². The smallest absolute Gasteiger partial charge is 0.229 e. The van der Waals surface area contributed by atoms with Crippen molar-refractivity contribution in [1.29, 1.82) is 0 Å². The Morgan fingerprint density at radius 3 is 2.68 bits per heavy atom. The Bertz CT molecular complexity index is 669. The second-order valence-electron chi connectivity index (χ2n) is 6.78. The molecule has 5 nitrogen and oxygen atoms in total. The monoisotopic (exact) mass is 301 g/mol. The average molecular weight is 301 g/mol. The van der Waals surface area contributed by atoms with E-state index in [1.165, 1.54) is 0 Å². The number of amides is 1. The number of nitrogens with zero attached hydrogens (tertiary/aromatic N) is 2. The van der Waals surface area contributed by atoms with Gasteiger partial charge in [-0.2, -0.15) is 5.10 Å². The first-order valence-corrected chi connectivity index (χ1v) is 7.34. The van der Waals surface area contributed by atoms with Crippen molar-refractivity contribution in [1.82, 2.24) is 9.78 Å². The third-order valence-corrected chi connectivity index (χ3v) is 3.18. The van der Waals surface area contributed by atoms with Crippen molar-refractivity contribution in [2.45, 2.75) is 33.6 Å². The molecule has 1 aromatic heterocycles. The van der Waals surface area contributed by atoms with Gasteiger partial charge in [0.05, 0.1) is 12.1 Å². The van der Waals surface area contributed by atoms with E-state index < -0.39 is 0 Å². The van der Waals surface area contributed by atoms with Gasteiger partial charge in [-0.05, 0) is 29.5 Å². The van der Waals surface area contributed by atoms with E-state index in [9.17, 15) is 9.90 Å². The summed E-state index contributed by atoms with van der Waals surface area (Å²) in [4.78, 5) is 12.1. The summed E-state index contributed by atoms with van der Waals surface area (Å²) in [5.74, 6) is 0.721. The van der Waals surface area contributed by atoms with Crippen LogP contribution in [0.15, 0.2) is 30.3 Å². The van der Waals surface area contributed by atoms with E-state index in [4.69, 9.17) is 0 Å². The van der Waals surface area contributed by atoms with Crippen molar-refractivity contribution >= 4 is 11.7 Å². The lowest BCUT2D eigenvalue weighted by molar-refractivity contribution is -0.115. The van der Waals surface area contributed by atoms with Crippen molar-refractivity contribution in [3.8, 4) is 5.75 Å². The van der Waals surface area contributed by atoms with Gasteiger partial charge >= 0.3 is 0 Å². The van der Waals surface area contributed by atoms with Crippen LogP contribution in [-0.4, -0.2) is 20.8 Å². The number of carbonyl (C=O) groups excluding carboxylic acids is 1. The Morgan fingerprint density at radius 2 is 2.05 bits per heavy atom. The minimum atomic E-state index is -0.129. The van der Waals surface area contributed by atoms with Crippen LogP contribution in [0.1, 0.15) is 32.0 Å². The largest absolute Gasteiger partial charge is 0.508 e. The molecule has 2 aromatic rings. The third kappa shape index (κ3) is 4.62. The molecule has 1 heterocycles. The zero-order chi connectivity index (χ0) is 16.3. The summed E-state index contributed by atoms with van der Waals surface area (Å²) in [6.07, 6.45) is 1.07. The van der Waals surface area contributed by atoms with Crippen LogP contribution in [0.5, 0.6) is 5.75 Å². The number of anilines is 1. The molecule has 0 unspecified atom stereocenters. The predicted octanol–water partition coefficient (Wildman–Crippen LogP) is 2.90. The minimum absolute atomic E-state index is 0.129. The Kier molecular flexibility index (Phi) is 4.54. The molecule has 5 heteroatoms. The molecule has 2 N–H and O–H groups in total. The fourth-order valence-electron chi connectivity index (χ4n) is 2.31. The van der Waals surface area contributed by atoms with E-state index in [2.05, 4.69) is 31.2 Å². The van der Waals surface area contributed by atoms with Gasteiger partial charge in [0.1, 0.15) is 11.6 Å². The lowest BCUT2D eigenvalue weighted by Crippen LogP contribution is -2.16. The summed E-state index contributed by atoms with van der Waals surface area (Å²) in [7, 11) is 1.82. The van der Waals surface area contributed by atoms with E-state index in [0.29, 0.717) is 5.82 Å². The van der Waals surface area contributed by atoms with Crippen molar-refractivity contribution in [2.24, 2.45) is 12.5 Å². The molecule has 0 fully saturated rings. The number of nitrogens with one attached hydrogen (secondary N) is 1. The number of phenolic OH excluding ortho intramolecular Hbond substituents is 1. The summed E-state index contributed by atoms with van der Waals surface area (Å²) in [5, 5.41) is 16.7. The zero-order valence-corrected chi connectivity index (χ0v) is 13.6. The maximum absolute atomic E-state index is 12.1. The van der Waals surface area contributed by atoms with Crippen LogP contribution < -0.4 is 5.32 Å². The van der Waals surface area contributed by atoms with E-state index in [1.54, 1.807) is 22.9 Å². The van der Waals surface area contributed by atoms with Crippen LogP contribution in [-0.2, 0) is 24.7 Å². The summed E-state index contributed by atoms with van der Waals surface area (Å²) >= 11 is 0. The molecule has 0 aliphatic rings. The Hall–Kier alpha value is -2.30. The normalized spacial score (nSPS) is 11.5. The number of hydrogen-bond donors (Lipinski definition) is 2. The fourth-order valence-corrected chi connectivity index (χ4v) is 2.31. The van der Waals surface area contributed by atoms with Crippen LogP contribution >= 0.6 is 0 Å². The molecule has 0 bridgehead atoms. The lowest BCUT2D eigenvalue weighted by Gasteiger charge is -2.15. The molecule has 0 saturated heterocycles. The van der Waals surface area contributed by atoms with Crippen LogP contribution in [0.3, 0.4) is 0 Å². The molecule has 0 radical (unpaired) electrons. The van der Waals surface area contributed by atoms with Crippen molar-refractivity contribution in [2.75, 3.05) is 5.32 Å². The van der Waals surface area contributed by atoms with Crippen LogP contribution in [0.4, 0.5) is 5.82 Å². The molecule has 1 aromatic carbocycles. The molecule has 22 heavy (non-hydrogen) atoms. The number of aromatic hydroxyl groups is 1. The Morgan fingerprint density at radius 1 is 1.32 bits per heavy atom. The van der Waals surface area contributed by atoms with E-state index in [-0.39, 0.29) is 23.5 Å². The quantitative estimate of drug-likeness (QED) is 0.912. The van der Waals surface area contributed by atoms with Gasteiger partial charge in [-0.15, -0.1) is 0 Å². The molecule has 0 spiro atoms. The van der Waals surface area contributed by atoms with Crippen LogP contribution in [0.2, 0.25) is 0 Å². The van der Waals surface area contributed by atoms with Gasteiger partial charge in [0, 0.05) is 13.1 Å². The SMILES string of the molecule is Cn1nc(CC(C)(C)C)cc1NC(=O)Cc1cccc(O)c1. The first-order chi connectivity index (χ1) is 10.2.